The predicted molar refractivity (Wildman–Crippen MR) is 74.6 cm³/mol. The largest absolute Gasteiger partial charge is 0.0884 e. The Morgan fingerprint density at radius 1 is 1.07 bits per heavy atom. The van der Waals surface area contributed by atoms with Gasteiger partial charge < -0.3 is 0 Å². The highest BCUT2D eigenvalue weighted by Crippen LogP contribution is 2.24. The lowest BCUT2D eigenvalue weighted by Crippen LogP contribution is -2.15. The van der Waals surface area contributed by atoms with Gasteiger partial charge in [0.15, 0.2) is 0 Å². The molecule has 1 aromatic rings. The van der Waals surface area contributed by atoms with Crippen molar-refractivity contribution < 1.29 is 0 Å². The van der Waals surface area contributed by atoms with E-state index in [2.05, 4.69) is 70.0 Å². The van der Waals surface area contributed by atoms with E-state index in [9.17, 15) is 0 Å². The molecule has 84 valence electrons. The molecule has 0 spiro atoms. The van der Waals surface area contributed by atoms with Gasteiger partial charge in [0.05, 0.1) is 0 Å². The van der Waals surface area contributed by atoms with Crippen LogP contribution in [-0.2, 0) is 6.42 Å². The van der Waals surface area contributed by atoms with Crippen LogP contribution in [0.3, 0.4) is 0 Å². The predicted octanol–water partition coefficient (Wildman–Crippen LogP) is 5.19. The zero-order valence-electron chi connectivity index (χ0n) is 9.34. The molecule has 0 N–H and O–H groups in total. The van der Waals surface area contributed by atoms with Crippen molar-refractivity contribution in [2.75, 3.05) is 0 Å². The van der Waals surface area contributed by atoms with E-state index in [0.29, 0.717) is 4.83 Å². The van der Waals surface area contributed by atoms with Crippen molar-refractivity contribution in [3.63, 3.8) is 0 Å². The van der Waals surface area contributed by atoms with Crippen molar-refractivity contribution in [2.24, 2.45) is 5.92 Å². The second-order valence-electron chi connectivity index (χ2n) is 3.92. The van der Waals surface area contributed by atoms with Crippen LogP contribution in [0.25, 0.3) is 0 Å². The van der Waals surface area contributed by atoms with Gasteiger partial charge in [0.25, 0.3) is 0 Å². The summed E-state index contributed by atoms with van der Waals surface area (Å²) >= 11 is 7.26. The van der Waals surface area contributed by atoms with Crippen LogP contribution in [-0.4, -0.2) is 4.83 Å². The second-order valence-corrected chi connectivity index (χ2v) is 6.01. The zero-order valence-corrected chi connectivity index (χ0v) is 12.5. The maximum atomic E-state index is 3.81. The maximum Gasteiger partial charge on any atom is 0.0214 e. The van der Waals surface area contributed by atoms with Crippen molar-refractivity contribution in [2.45, 2.75) is 37.9 Å². The summed E-state index contributed by atoms with van der Waals surface area (Å²) in [6, 6.07) is 8.62. The first kappa shape index (κ1) is 13.2. The highest BCUT2D eigenvalue weighted by molar-refractivity contribution is 9.10. The minimum atomic E-state index is 0.605. The Morgan fingerprint density at radius 3 is 2.07 bits per heavy atom. The number of hydrogen-bond donors (Lipinski definition) is 0. The van der Waals surface area contributed by atoms with Crippen LogP contribution in [0.1, 0.15) is 32.3 Å². The molecular formula is C13H18Br2. The van der Waals surface area contributed by atoms with Gasteiger partial charge in [-0.25, -0.2) is 0 Å². The van der Waals surface area contributed by atoms with E-state index in [1.807, 2.05) is 0 Å². The molecule has 1 atom stereocenters. The van der Waals surface area contributed by atoms with E-state index in [4.69, 9.17) is 0 Å². The van der Waals surface area contributed by atoms with Crippen LogP contribution >= 0.6 is 31.9 Å². The van der Waals surface area contributed by atoms with Gasteiger partial charge in [-0.2, -0.15) is 0 Å². The minimum absolute atomic E-state index is 0.605. The molecule has 0 bridgehead atoms. The summed E-state index contributed by atoms with van der Waals surface area (Å²) in [6.07, 6.45) is 3.63. The van der Waals surface area contributed by atoms with Crippen LogP contribution in [0.5, 0.6) is 0 Å². The lowest BCUT2D eigenvalue weighted by Gasteiger charge is -2.19. The molecule has 0 saturated heterocycles. The van der Waals surface area contributed by atoms with E-state index < -0.39 is 0 Å². The Kier molecular flexibility index (Phi) is 5.91. The molecule has 1 unspecified atom stereocenters. The fourth-order valence-corrected chi connectivity index (χ4v) is 3.20. The van der Waals surface area contributed by atoms with Crippen LogP contribution < -0.4 is 0 Å². The molecule has 0 amide bonds. The SMILES string of the molecule is CCC(CC)C(Br)Cc1ccc(Br)cc1. The third-order valence-corrected chi connectivity index (χ3v) is 4.50. The van der Waals surface area contributed by atoms with Crippen molar-refractivity contribution in [1.82, 2.24) is 0 Å². The van der Waals surface area contributed by atoms with Crippen molar-refractivity contribution in [3.8, 4) is 0 Å². The van der Waals surface area contributed by atoms with Crippen molar-refractivity contribution in [3.05, 3.63) is 34.3 Å². The minimum Gasteiger partial charge on any atom is -0.0884 e. The van der Waals surface area contributed by atoms with Crippen LogP contribution in [0.15, 0.2) is 28.7 Å². The molecule has 1 aromatic carbocycles. The zero-order chi connectivity index (χ0) is 11.3. The third kappa shape index (κ3) is 4.28. The number of rotatable bonds is 5. The Labute approximate surface area is 110 Å². The molecule has 2 heteroatoms. The van der Waals surface area contributed by atoms with Gasteiger partial charge in [0.1, 0.15) is 0 Å². The average Bonchev–Trinajstić information content (AvgIpc) is 2.23. The average molecular weight is 334 g/mol. The molecule has 0 nitrogen and oxygen atoms in total. The van der Waals surface area contributed by atoms with Crippen LogP contribution in [0.2, 0.25) is 0 Å². The Balaban J connectivity index is 2.57. The third-order valence-electron chi connectivity index (χ3n) is 2.90. The number of hydrogen-bond acceptors (Lipinski definition) is 0. The van der Waals surface area contributed by atoms with Crippen LogP contribution in [0, 0.1) is 5.92 Å². The van der Waals surface area contributed by atoms with Gasteiger partial charge in [0, 0.05) is 9.30 Å². The summed E-state index contributed by atoms with van der Waals surface area (Å²) in [5.74, 6) is 0.786. The molecule has 1 rings (SSSR count). The van der Waals surface area contributed by atoms with Gasteiger partial charge in [0.2, 0.25) is 0 Å². The smallest absolute Gasteiger partial charge is 0.0214 e. The first-order valence-electron chi connectivity index (χ1n) is 5.55. The van der Waals surface area contributed by atoms with E-state index in [-0.39, 0.29) is 0 Å². The molecule has 15 heavy (non-hydrogen) atoms. The molecule has 0 radical (unpaired) electrons. The monoisotopic (exact) mass is 332 g/mol. The summed E-state index contributed by atoms with van der Waals surface area (Å²) in [5, 5.41) is 0. The molecule has 0 saturated carbocycles. The number of halogens is 2. The normalized spacial score (nSPS) is 13.1. The molecule has 0 aliphatic rings. The Morgan fingerprint density at radius 2 is 1.60 bits per heavy atom. The van der Waals surface area contributed by atoms with Crippen molar-refractivity contribution in [1.29, 1.82) is 0 Å². The second kappa shape index (κ2) is 6.70. The maximum absolute atomic E-state index is 3.81. The molecule has 0 aromatic heterocycles. The standard InChI is InChI=1S/C13H18Br2/c1-3-11(4-2)13(15)9-10-5-7-12(14)8-6-10/h5-8,11,13H,3-4,9H2,1-2H3. The van der Waals surface area contributed by atoms with E-state index >= 15 is 0 Å². The highest BCUT2D eigenvalue weighted by Gasteiger charge is 2.15. The topological polar surface area (TPSA) is 0 Å². The van der Waals surface area contributed by atoms with E-state index in [1.54, 1.807) is 0 Å². The van der Waals surface area contributed by atoms with E-state index in [1.165, 1.54) is 18.4 Å². The first-order chi connectivity index (χ1) is 7.17. The summed E-state index contributed by atoms with van der Waals surface area (Å²) in [7, 11) is 0. The number of alkyl halides is 1. The van der Waals surface area contributed by atoms with Gasteiger partial charge in [-0.05, 0) is 30.0 Å². The lowest BCUT2D eigenvalue weighted by molar-refractivity contribution is 0.475. The summed E-state index contributed by atoms with van der Waals surface area (Å²) in [5.41, 5.74) is 1.41. The van der Waals surface area contributed by atoms with E-state index in [0.717, 1.165) is 16.8 Å². The summed E-state index contributed by atoms with van der Waals surface area (Å²) in [6.45, 7) is 4.54. The fraction of sp³-hybridized carbons (Fsp3) is 0.538. The summed E-state index contributed by atoms with van der Waals surface area (Å²) < 4.78 is 1.15. The first-order valence-corrected chi connectivity index (χ1v) is 7.26. The highest BCUT2D eigenvalue weighted by atomic mass is 79.9. The molecule has 0 aliphatic heterocycles. The lowest BCUT2D eigenvalue weighted by atomic mass is 9.95. The summed E-state index contributed by atoms with van der Waals surface area (Å²) in [4.78, 5) is 0.605. The van der Waals surface area contributed by atoms with Crippen molar-refractivity contribution >= 4 is 31.9 Å². The quantitative estimate of drug-likeness (QED) is 0.650. The number of benzene rings is 1. The molecule has 0 aliphatic carbocycles. The fourth-order valence-electron chi connectivity index (χ4n) is 1.81. The van der Waals surface area contributed by atoms with Gasteiger partial charge in [-0.15, -0.1) is 0 Å². The molecule has 0 fully saturated rings. The molecule has 0 heterocycles. The van der Waals surface area contributed by atoms with Gasteiger partial charge in [-0.1, -0.05) is 70.7 Å². The Hall–Kier alpha value is 0.180. The Bertz CT molecular complexity index is 275. The van der Waals surface area contributed by atoms with Gasteiger partial charge >= 0.3 is 0 Å². The van der Waals surface area contributed by atoms with Crippen LogP contribution in [0.4, 0.5) is 0 Å². The molecular weight excluding hydrogens is 316 g/mol. The van der Waals surface area contributed by atoms with Gasteiger partial charge in [-0.3, -0.25) is 0 Å².